The summed E-state index contributed by atoms with van der Waals surface area (Å²) in [5, 5.41) is 10.7. The van der Waals surface area contributed by atoms with E-state index in [1.165, 1.54) is 0 Å². The first-order valence-electron chi connectivity index (χ1n) is 5.29. The number of pyridine rings is 1. The molecule has 0 aromatic carbocycles. The Morgan fingerprint density at radius 2 is 2.38 bits per heavy atom. The molecule has 2 N–H and O–H groups in total. The van der Waals surface area contributed by atoms with Crippen molar-refractivity contribution in [1.82, 2.24) is 15.2 Å². The molecule has 0 aliphatic heterocycles. The van der Waals surface area contributed by atoms with Crippen LogP contribution in [-0.2, 0) is 4.79 Å². The molecule has 16 heavy (non-hydrogen) atoms. The van der Waals surface area contributed by atoms with Gasteiger partial charge in [0.2, 0.25) is 5.91 Å². The predicted molar refractivity (Wildman–Crippen MR) is 59.9 cm³/mol. The van der Waals surface area contributed by atoms with Crippen LogP contribution in [0.4, 0.5) is 5.82 Å². The van der Waals surface area contributed by atoms with E-state index >= 15 is 0 Å². The van der Waals surface area contributed by atoms with Gasteiger partial charge in [-0.25, -0.2) is 0 Å². The topological polar surface area (TPSA) is 70.7 Å². The summed E-state index contributed by atoms with van der Waals surface area (Å²) in [6, 6.07) is 1.84. The van der Waals surface area contributed by atoms with Gasteiger partial charge in [-0.2, -0.15) is 5.10 Å². The number of nitrogens with zero attached hydrogens (tertiary/aromatic N) is 2. The Balaban J connectivity index is 1.92. The average molecular weight is 216 g/mol. The first-order valence-corrected chi connectivity index (χ1v) is 5.29. The minimum atomic E-state index is -0.182. The second kappa shape index (κ2) is 3.04. The number of aromatic nitrogens is 3. The molecule has 5 heteroatoms. The standard InChI is InChI=1S/C11H12N4O/c1-11(3-4-11)10(16)13-9-7-2-5-12-6-8(7)14-15-9/h2,5-6H,3-4H2,1H3,(H2,13,14,15,16). The third-order valence-electron chi connectivity index (χ3n) is 3.14. The smallest absolute Gasteiger partial charge is 0.231 e. The number of H-pyrrole nitrogens is 1. The van der Waals surface area contributed by atoms with E-state index in [2.05, 4.69) is 20.5 Å². The third kappa shape index (κ3) is 1.36. The SMILES string of the molecule is CC1(C(=O)Nc2n[nH]c3cnccc23)CC1. The number of anilines is 1. The summed E-state index contributed by atoms with van der Waals surface area (Å²) in [6.07, 6.45) is 5.30. The Morgan fingerprint density at radius 3 is 3.12 bits per heavy atom. The number of nitrogens with one attached hydrogen (secondary N) is 2. The van der Waals surface area contributed by atoms with E-state index in [-0.39, 0.29) is 11.3 Å². The minimum Gasteiger partial charge on any atom is -0.308 e. The van der Waals surface area contributed by atoms with E-state index in [9.17, 15) is 4.79 Å². The van der Waals surface area contributed by atoms with E-state index in [1.54, 1.807) is 12.4 Å². The molecular weight excluding hydrogens is 204 g/mol. The molecule has 1 aliphatic rings. The van der Waals surface area contributed by atoms with Crippen LogP contribution in [0.15, 0.2) is 18.5 Å². The summed E-state index contributed by atoms with van der Waals surface area (Å²) in [4.78, 5) is 15.8. The van der Waals surface area contributed by atoms with Crippen molar-refractivity contribution in [3.8, 4) is 0 Å². The molecule has 0 radical (unpaired) electrons. The van der Waals surface area contributed by atoms with Crippen molar-refractivity contribution >= 4 is 22.6 Å². The lowest BCUT2D eigenvalue weighted by molar-refractivity contribution is -0.120. The first kappa shape index (κ1) is 9.33. The molecule has 2 aromatic heterocycles. The second-order valence-corrected chi connectivity index (χ2v) is 4.51. The molecule has 0 spiro atoms. The first-order chi connectivity index (χ1) is 7.69. The molecule has 5 nitrogen and oxygen atoms in total. The zero-order valence-corrected chi connectivity index (χ0v) is 8.95. The van der Waals surface area contributed by atoms with Gasteiger partial charge >= 0.3 is 0 Å². The summed E-state index contributed by atoms with van der Waals surface area (Å²) >= 11 is 0. The third-order valence-corrected chi connectivity index (χ3v) is 3.14. The van der Waals surface area contributed by atoms with E-state index in [0.29, 0.717) is 5.82 Å². The fourth-order valence-corrected chi connectivity index (χ4v) is 1.63. The molecule has 3 rings (SSSR count). The van der Waals surface area contributed by atoms with Crippen LogP contribution in [0.2, 0.25) is 0 Å². The van der Waals surface area contributed by atoms with Gasteiger partial charge < -0.3 is 5.32 Å². The number of fused-ring (bicyclic) bond motifs is 1. The highest BCUT2D eigenvalue weighted by atomic mass is 16.2. The van der Waals surface area contributed by atoms with Crippen LogP contribution < -0.4 is 5.32 Å². The molecule has 0 unspecified atom stereocenters. The number of amides is 1. The molecule has 0 saturated heterocycles. The molecule has 1 aliphatic carbocycles. The molecule has 2 aromatic rings. The van der Waals surface area contributed by atoms with Crippen molar-refractivity contribution in [2.75, 3.05) is 5.32 Å². The fourth-order valence-electron chi connectivity index (χ4n) is 1.63. The molecule has 1 amide bonds. The van der Waals surface area contributed by atoms with Crippen LogP contribution in [0.3, 0.4) is 0 Å². The van der Waals surface area contributed by atoms with Crippen molar-refractivity contribution in [2.45, 2.75) is 19.8 Å². The van der Waals surface area contributed by atoms with Crippen LogP contribution in [0.1, 0.15) is 19.8 Å². The van der Waals surface area contributed by atoms with Crippen LogP contribution in [-0.4, -0.2) is 21.1 Å². The number of carbonyl (C=O) groups excluding carboxylic acids is 1. The fraction of sp³-hybridized carbons (Fsp3) is 0.364. The zero-order valence-electron chi connectivity index (χ0n) is 8.95. The highest BCUT2D eigenvalue weighted by Gasteiger charge is 2.45. The summed E-state index contributed by atoms with van der Waals surface area (Å²) < 4.78 is 0. The van der Waals surface area contributed by atoms with Gasteiger partial charge in [-0.15, -0.1) is 0 Å². The van der Waals surface area contributed by atoms with Gasteiger partial charge in [0, 0.05) is 17.0 Å². The lowest BCUT2D eigenvalue weighted by Gasteiger charge is -2.07. The van der Waals surface area contributed by atoms with E-state index in [1.807, 2.05) is 13.0 Å². The van der Waals surface area contributed by atoms with Crippen LogP contribution in [0.25, 0.3) is 10.9 Å². The predicted octanol–water partition coefficient (Wildman–Crippen LogP) is 1.70. The van der Waals surface area contributed by atoms with Crippen LogP contribution in [0, 0.1) is 5.41 Å². The van der Waals surface area contributed by atoms with Crippen molar-refractivity contribution in [3.05, 3.63) is 18.5 Å². The second-order valence-electron chi connectivity index (χ2n) is 4.51. The van der Waals surface area contributed by atoms with E-state index < -0.39 is 0 Å². The van der Waals surface area contributed by atoms with Crippen molar-refractivity contribution in [2.24, 2.45) is 5.41 Å². The van der Waals surface area contributed by atoms with Crippen LogP contribution >= 0.6 is 0 Å². The Bertz CT molecular complexity index is 556. The number of carbonyl (C=O) groups is 1. The molecule has 0 bridgehead atoms. The number of hydrogen-bond acceptors (Lipinski definition) is 3. The molecule has 1 fully saturated rings. The zero-order chi connectivity index (χ0) is 11.2. The quantitative estimate of drug-likeness (QED) is 0.802. The summed E-state index contributed by atoms with van der Waals surface area (Å²) in [6.45, 7) is 1.97. The molecule has 82 valence electrons. The summed E-state index contributed by atoms with van der Waals surface area (Å²) in [5.74, 6) is 0.647. The van der Waals surface area contributed by atoms with Gasteiger partial charge in [-0.05, 0) is 18.9 Å². The summed E-state index contributed by atoms with van der Waals surface area (Å²) in [5.41, 5.74) is 0.650. The maximum atomic E-state index is 11.9. The Kier molecular flexibility index (Phi) is 1.77. The number of rotatable bonds is 2. The van der Waals surface area contributed by atoms with Crippen molar-refractivity contribution in [3.63, 3.8) is 0 Å². The molecular formula is C11H12N4O. The Hall–Kier alpha value is -1.91. The van der Waals surface area contributed by atoms with Gasteiger partial charge in [0.25, 0.3) is 0 Å². The maximum Gasteiger partial charge on any atom is 0.231 e. The average Bonchev–Trinajstić information content (AvgIpc) is 2.92. The lowest BCUT2D eigenvalue weighted by Crippen LogP contribution is -2.21. The van der Waals surface area contributed by atoms with Gasteiger partial charge in [-0.1, -0.05) is 6.92 Å². The van der Waals surface area contributed by atoms with Crippen molar-refractivity contribution < 1.29 is 4.79 Å². The Morgan fingerprint density at radius 1 is 1.56 bits per heavy atom. The van der Waals surface area contributed by atoms with E-state index in [0.717, 1.165) is 23.7 Å². The molecule has 2 heterocycles. The molecule has 0 atom stereocenters. The number of aromatic amines is 1. The lowest BCUT2D eigenvalue weighted by atomic mass is 10.1. The van der Waals surface area contributed by atoms with Crippen molar-refractivity contribution in [1.29, 1.82) is 0 Å². The van der Waals surface area contributed by atoms with E-state index in [4.69, 9.17) is 0 Å². The summed E-state index contributed by atoms with van der Waals surface area (Å²) in [7, 11) is 0. The van der Waals surface area contributed by atoms with Gasteiger partial charge in [0.15, 0.2) is 5.82 Å². The van der Waals surface area contributed by atoms with Crippen LogP contribution in [0.5, 0.6) is 0 Å². The van der Waals surface area contributed by atoms with Gasteiger partial charge in [0.05, 0.1) is 11.7 Å². The maximum absolute atomic E-state index is 11.9. The van der Waals surface area contributed by atoms with Gasteiger partial charge in [-0.3, -0.25) is 14.9 Å². The Labute approximate surface area is 92.3 Å². The number of hydrogen-bond donors (Lipinski definition) is 2. The normalized spacial score (nSPS) is 17.3. The minimum absolute atomic E-state index is 0.0534. The largest absolute Gasteiger partial charge is 0.308 e. The monoisotopic (exact) mass is 216 g/mol. The van der Waals surface area contributed by atoms with Gasteiger partial charge in [0.1, 0.15) is 0 Å². The highest BCUT2D eigenvalue weighted by molar-refractivity contribution is 6.02. The highest BCUT2D eigenvalue weighted by Crippen LogP contribution is 2.45. The molecule has 1 saturated carbocycles.